The molecule has 0 atom stereocenters. The summed E-state index contributed by atoms with van der Waals surface area (Å²) in [7, 11) is 0. The molecule has 0 spiro atoms. The normalized spacial score (nSPS) is 13.0. The average Bonchev–Trinajstić information content (AvgIpc) is 3.04. The second-order valence-corrected chi connectivity index (χ2v) is 5.88. The molecule has 6 nitrogen and oxygen atoms in total. The van der Waals surface area contributed by atoms with Gasteiger partial charge in [-0.25, -0.2) is 0 Å². The Morgan fingerprint density at radius 3 is 2.96 bits per heavy atom. The van der Waals surface area contributed by atoms with Crippen LogP contribution in [0, 0.1) is 0 Å². The van der Waals surface area contributed by atoms with Crippen molar-refractivity contribution in [3.8, 4) is 5.75 Å². The molecule has 4 rings (SSSR count). The SMILES string of the molecule is O=C1COc2cccc(C(=O)NCCc3c[nH]c4ccccc34)c2N1. The van der Waals surface area contributed by atoms with Gasteiger partial charge in [0.2, 0.25) is 0 Å². The first-order valence-corrected chi connectivity index (χ1v) is 8.11. The standard InChI is InChI=1S/C19H17N3O3/c23-17-11-25-16-7-3-5-14(18(16)22-17)19(24)20-9-8-12-10-21-15-6-2-1-4-13(12)15/h1-7,10,21H,8-9,11H2,(H,20,24)(H,22,23). The van der Waals surface area contributed by atoms with E-state index >= 15 is 0 Å². The Kier molecular flexibility index (Phi) is 3.85. The fourth-order valence-corrected chi connectivity index (χ4v) is 3.03. The number of para-hydroxylation sites is 2. The van der Waals surface area contributed by atoms with Crippen LogP contribution in [0.1, 0.15) is 15.9 Å². The van der Waals surface area contributed by atoms with Crippen LogP contribution in [0.15, 0.2) is 48.7 Å². The van der Waals surface area contributed by atoms with Crippen molar-refractivity contribution in [2.45, 2.75) is 6.42 Å². The number of amides is 2. The van der Waals surface area contributed by atoms with Crippen LogP contribution >= 0.6 is 0 Å². The second-order valence-electron chi connectivity index (χ2n) is 5.88. The first-order valence-electron chi connectivity index (χ1n) is 8.11. The Hall–Kier alpha value is -3.28. The zero-order chi connectivity index (χ0) is 17.2. The molecule has 3 aromatic rings. The van der Waals surface area contributed by atoms with E-state index in [9.17, 15) is 9.59 Å². The van der Waals surface area contributed by atoms with Gasteiger partial charge in [-0.2, -0.15) is 0 Å². The Bertz CT molecular complexity index is 961. The Morgan fingerprint density at radius 1 is 1.16 bits per heavy atom. The Morgan fingerprint density at radius 2 is 2.04 bits per heavy atom. The zero-order valence-electron chi connectivity index (χ0n) is 13.5. The van der Waals surface area contributed by atoms with E-state index in [0.29, 0.717) is 30.0 Å². The summed E-state index contributed by atoms with van der Waals surface area (Å²) in [6.45, 7) is 0.470. The van der Waals surface area contributed by atoms with Crippen LogP contribution in [0.25, 0.3) is 10.9 Å². The fraction of sp³-hybridized carbons (Fsp3) is 0.158. The molecular weight excluding hydrogens is 318 g/mol. The number of H-pyrrole nitrogens is 1. The molecule has 1 aliphatic heterocycles. The first-order chi connectivity index (χ1) is 12.2. The molecule has 0 aliphatic carbocycles. The quantitative estimate of drug-likeness (QED) is 0.685. The lowest BCUT2D eigenvalue weighted by molar-refractivity contribution is -0.118. The van der Waals surface area contributed by atoms with Gasteiger partial charge < -0.3 is 20.4 Å². The minimum Gasteiger partial charge on any atom is -0.482 e. The molecule has 0 bridgehead atoms. The van der Waals surface area contributed by atoms with Crippen molar-refractivity contribution < 1.29 is 14.3 Å². The third-order valence-corrected chi connectivity index (χ3v) is 4.25. The van der Waals surface area contributed by atoms with Crippen LogP contribution in [-0.2, 0) is 11.2 Å². The van der Waals surface area contributed by atoms with Gasteiger partial charge in [-0.15, -0.1) is 0 Å². The number of fused-ring (bicyclic) bond motifs is 2. The molecule has 0 saturated carbocycles. The number of carbonyl (C=O) groups excluding carboxylic acids is 2. The number of nitrogens with one attached hydrogen (secondary N) is 3. The molecule has 1 aromatic heterocycles. The van der Waals surface area contributed by atoms with Crippen LogP contribution in [0.3, 0.4) is 0 Å². The lowest BCUT2D eigenvalue weighted by atomic mass is 10.1. The number of ether oxygens (including phenoxy) is 1. The number of rotatable bonds is 4. The smallest absolute Gasteiger partial charge is 0.262 e. The summed E-state index contributed by atoms with van der Waals surface area (Å²) >= 11 is 0. The number of hydrogen-bond acceptors (Lipinski definition) is 3. The molecule has 3 N–H and O–H groups in total. The van der Waals surface area contributed by atoms with Crippen LogP contribution in [0.4, 0.5) is 5.69 Å². The van der Waals surface area contributed by atoms with Crippen molar-refractivity contribution in [2.75, 3.05) is 18.5 Å². The van der Waals surface area contributed by atoms with E-state index in [1.165, 1.54) is 0 Å². The van der Waals surface area contributed by atoms with Gasteiger partial charge in [-0.05, 0) is 30.2 Å². The maximum Gasteiger partial charge on any atom is 0.262 e. The van der Waals surface area contributed by atoms with E-state index in [1.807, 2.05) is 24.4 Å². The van der Waals surface area contributed by atoms with Crippen molar-refractivity contribution in [1.82, 2.24) is 10.3 Å². The van der Waals surface area contributed by atoms with Gasteiger partial charge in [-0.3, -0.25) is 9.59 Å². The van der Waals surface area contributed by atoms with Gasteiger partial charge in [-0.1, -0.05) is 24.3 Å². The fourth-order valence-electron chi connectivity index (χ4n) is 3.03. The zero-order valence-corrected chi connectivity index (χ0v) is 13.5. The number of aromatic amines is 1. The lowest BCUT2D eigenvalue weighted by Gasteiger charge is -2.20. The van der Waals surface area contributed by atoms with Crippen molar-refractivity contribution >= 4 is 28.4 Å². The molecule has 6 heteroatoms. The summed E-state index contributed by atoms with van der Waals surface area (Å²) in [5.74, 6) is 0.0258. The largest absolute Gasteiger partial charge is 0.482 e. The number of hydrogen-bond donors (Lipinski definition) is 3. The summed E-state index contributed by atoms with van der Waals surface area (Å²) in [5, 5.41) is 6.78. The minimum absolute atomic E-state index is 0.0291. The molecule has 2 heterocycles. The predicted octanol–water partition coefficient (Wildman–Crippen LogP) is 2.47. The van der Waals surface area contributed by atoms with Crippen LogP contribution in [0.5, 0.6) is 5.75 Å². The topological polar surface area (TPSA) is 83.2 Å². The van der Waals surface area contributed by atoms with E-state index < -0.39 is 0 Å². The van der Waals surface area contributed by atoms with Gasteiger partial charge in [0.05, 0.1) is 11.3 Å². The predicted molar refractivity (Wildman–Crippen MR) is 94.9 cm³/mol. The third kappa shape index (κ3) is 2.94. The number of aromatic nitrogens is 1. The van der Waals surface area contributed by atoms with E-state index in [1.54, 1.807) is 18.2 Å². The van der Waals surface area contributed by atoms with E-state index in [-0.39, 0.29) is 18.4 Å². The molecule has 0 unspecified atom stereocenters. The summed E-state index contributed by atoms with van der Waals surface area (Å²) in [6, 6.07) is 13.2. The molecule has 25 heavy (non-hydrogen) atoms. The maximum absolute atomic E-state index is 12.5. The van der Waals surface area contributed by atoms with E-state index in [0.717, 1.165) is 16.5 Å². The minimum atomic E-state index is -0.258. The number of benzene rings is 2. The van der Waals surface area contributed by atoms with Crippen LogP contribution < -0.4 is 15.4 Å². The van der Waals surface area contributed by atoms with Crippen molar-refractivity contribution in [2.24, 2.45) is 0 Å². The second kappa shape index (κ2) is 6.32. The highest BCUT2D eigenvalue weighted by Crippen LogP contribution is 2.31. The van der Waals surface area contributed by atoms with E-state index in [2.05, 4.69) is 21.7 Å². The first kappa shape index (κ1) is 15.3. The Labute approximate surface area is 144 Å². The molecule has 126 valence electrons. The highest BCUT2D eigenvalue weighted by Gasteiger charge is 2.22. The highest BCUT2D eigenvalue weighted by molar-refractivity contribution is 6.06. The third-order valence-electron chi connectivity index (χ3n) is 4.25. The van der Waals surface area contributed by atoms with Crippen molar-refractivity contribution in [3.63, 3.8) is 0 Å². The van der Waals surface area contributed by atoms with Crippen LogP contribution in [0.2, 0.25) is 0 Å². The molecule has 2 amide bonds. The Balaban J connectivity index is 1.45. The maximum atomic E-state index is 12.5. The highest BCUT2D eigenvalue weighted by atomic mass is 16.5. The van der Waals surface area contributed by atoms with Gasteiger partial charge in [0.1, 0.15) is 5.75 Å². The molecular formula is C19H17N3O3. The molecule has 0 saturated heterocycles. The molecule has 0 fully saturated rings. The molecule has 0 radical (unpaired) electrons. The van der Waals surface area contributed by atoms with Crippen molar-refractivity contribution in [3.05, 3.63) is 59.8 Å². The van der Waals surface area contributed by atoms with Gasteiger partial charge in [0, 0.05) is 23.6 Å². The summed E-state index contributed by atoms with van der Waals surface area (Å²) < 4.78 is 5.34. The van der Waals surface area contributed by atoms with E-state index in [4.69, 9.17) is 4.74 Å². The van der Waals surface area contributed by atoms with Gasteiger partial charge in [0.15, 0.2) is 6.61 Å². The number of anilines is 1. The van der Waals surface area contributed by atoms with Crippen molar-refractivity contribution in [1.29, 1.82) is 0 Å². The average molecular weight is 335 g/mol. The number of carbonyl (C=O) groups is 2. The molecule has 1 aliphatic rings. The monoisotopic (exact) mass is 335 g/mol. The van der Waals surface area contributed by atoms with Gasteiger partial charge >= 0.3 is 0 Å². The molecule has 2 aromatic carbocycles. The lowest BCUT2D eigenvalue weighted by Crippen LogP contribution is -2.30. The summed E-state index contributed by atoms with van der Waals surface area (Å²) in [6.07, 6.45) is 2.68. The summed E-state index contributed by atoms with van der Waals surface area (Å²) in [4.78, 5) is 27.2. The summed E-state index contributed by atoms with van der Waals surface area (Å²) in [5.41, 5.74) is 3.08. The van der Waals surface area contributed by atoms with Crippen LogP contribution in [-0.4, -0.2) is 29.9 Å². The van der Waals surface area contributed by atoms with Gasteiger partial charge in [0.25, 0.3) is 11.8 Å².